The largest absolute Gasteiger partial charge is 0.447 e. The van der Waals surface area contributed by atoms with Crippen molar-refractivity contribution in [3.8, 4) is 10.6 Å². The van der Waals surface area contributed by atoms with Crippen LogP contribution in [0.4, 0.5) is 16.6 Å². The van der Waals surface area contributed by atoms with Gasteiger partial charge in [-0.05, 0) is 31.4 Å². The first-order valence-corrected chi connectivity index (χ1v) is 13.1. The average molecular weight is 529 g/mol. The zero-order valence-corrected chi connectivity index (χ0v) is 20.7. The summed E-state index contributed by atoms with van der Waals surface area (Å²) in [5.41, 5.74) is 0.232. The number of thiazole rings is 1. The van der Waals surface area contributed by atoms with E-state index in [4.69, 9.17) is 9.72 Å². The van der Waals surface area contributed by atoms with Crippen LogP contribution in [0.2, 0.25) is 0 Å². The first-order chi connectivity index (χ1) is 17.9. The Kier molecular flexibility index (Phi) is 6.02. The number of aliphatic hydroxyl groups is 3. The number of H-pyrrole nitrogens is 1. The van der Waals surface area contributed by atoms with E-state index >= 15 is 0 Å². The van der Waals surface area contributed by atoms with Crippen molar-refractivity contribution >= 4 is 39.4 Å². The molecule has 1 saturated carbocycles. The van der Waals surface area contributed by atoms with Gasteiger partial charge in [0.25, 0.3) is 5.56 Å². The lowest BCUT2D eigenvalue weighted by atomic mass is 9.89. The van der Waals surface area contributed by atoms with Gasteiger partial charge in [-0.2, -0.15) is 4.98 Å². The number of aliphatic hydroxyl groups excluding tert-OH is 3. The summed E-state index contributed by atoms with van der Waals surface area (Å²) in [5.74, 6) is 0.136. The van der Waals surface area contributed by atoms with Gasteiger partial charge >= 0.3 is 6.09 Å². The molecule has 1 aromatic carbocycles. The van der Waals surface area contributed by atoms with Crippen molar-refractivity contribution in [1.82, 2.24) is 20.3 Å². The molecule has 196 valence electrons. The Morgan fingerprint density at radius 2 is 1.95 bits per heavy atom. The minimum atomic E-state index is -1.13. The van der Waals surface area contributed by atoms with Crippen molar-refractivity contribution in [3.05, 3.63) is 34.6 Å². The minimum Gasteiger partial charge on any atom is -0.447 e. The summed E-state index contributed by atoms with van der Waals surface area (Å²) >= 11 is 1.37. The lowest BCUT2D eigenvalue weighted by Gasteiger charge is -2.37. The topological polar surface area (TPSA) is 173 Å². The van der Waals surface area contributed by atoms with Gasteiger partial charge < -0.3 is 35.6 Å². The lowest BCUT2D eigenvalue weighted by molar-refractivity contribution is 0.00446. The molecule has 3 aromatic rings. The van der Waals surface area contributed by atoms with E-state index in [1.165, 1.54) is 11.3 Å². The van der Waals surface area contributed by atoms with Crippen LogP contribution in [0.1, 0.15) is 19.3 Å². The molecule has 3 fully saturated rings. The van der Waals surface area contributed by atoms with Crippen LogP contribution in [-0.4, -0.2) is 86.5 Å². The van der Waals surface area contributed by atoms with E-state index in [1.54, 1.807) is 0 Å². The molecule has 3 aliphatic rings. The van der Waals surface area contributed by atoms with Crippen molar-refractivity contribution < 1.29 is 24.9 Å². The Labute approximate surface area is 215 Å². The fraction of sp³-hybridized carbons (Fsp3) is 0.500. The zero-order chi connectivity index (χ0) is 25.7. The number of para-hydroxylation sites is 1. The van der Waals surface area contributed by atoms with Crippen molar-refractivity contribution in [1.29, 1.82) is 0 Å². The van der Waals surface area contributed by atoms with Gasteiger partial charge in [0.05, 0.1) is 27.9 Å². The van der Waals surface area contributed by atoms with Gasteiger partial charge in [0, 0.05) is 25.6 Å². The predicted molar refractivity (Wildman–Crippen MR) is 137 cm³/mol. The molecule has 2 aliphatic heterocycles. The number of amides is 1. The summed E-state index contributed by atoms with van der Waals surface area (Å²) in [6, 6.07) is 6.97. The number of ether oxygens (including phenoxy) is 1. The van der Waals surface area contributed by atoms with Crippen LogP contribution in [-0.2, 0) is 4.74 Å². The fourth-order valence-corrected chi connectivity index (χ4v) is 6.43. The van der Waals surface area contributed by atoms with Crippen molar-refractivity contribution in [2.45, 2.75) is 43.1 Å². The summed E-state index contributed by atoms with van der Waals surface area (Å²) in [6.07, 6.45) is -1.05. The fourth-order valence-electron chi connectivity index (χ4n) is 5.43. The Morgan fingerprint density at radius 1 is 1.16 bits per heavy atom. The maximum Gasteiger partial charge on any atom is 0.407 e. The normalized spacial score (nSPS) is 27.0. The number of nitrogens with zero attached hydrogens (tertiary/aromatic N) is 3. The van der Waals surface area contributed by atoms with E-state index in [1.807, 2.05) is 29.2 Å². The molecule has 2 aromatic heterocycles. The predicted octanol–water partition coefficient (Wildman–Crippen LogP) is 0.640. The zero-order valence-electron chi connectivity index (χ0n) is 19.9. The van der Waals surface area contributed by atoms with Crippen LogP contribution >= 0.6 is 11.3 Å². The third-order valence-corrected chi connectivity index (χ3v) is 8.69. The first-order valence-electron chi connectivity index (χ1n) is 12.3. The molecular formula is C24H28N6O6S. The quantitative estimate of drug-likeness (QED) is 0.276. The number of benzene rings is 1. The standard InChI is InChI=1S/C24H28N6O6S/c31-10-12-9-14(18(33)17(12)32)25-19-16(21-26-13-3-1-2-4-15(13)37-21)20(34)28-22(27-19)30-7-5-24(6-8-30)11-36-23(35)29-24/h1-4,12,14,17-18,31-33H,5-11H2,(H,29,35)(H2,25,27,28,34)/t12-,14-,17-,18+/m1/s1. The molecular weight excluding hydrogens is 500 g/mol. The molecule has 6 N–H and O–H groups in total. The number of rotatable bonds is 5. The van der Waals surface area contributed by atoms with E-state index < -0.39 is 35.8 Å². The van der Waals surface area contributed by atoms with Crippen LogP contribution in [0.5, 0.6) is 0 Å². The smallest absolute Gasteiger partial charge is 0.407 e. The molecule has 0 radical (unpaired) electrons. The van der Waals surface area contributed by atoms with Gasteiger partial charge in [0.2, 0.25) is 5.95 Å². The highest BCUT2D eigenvalue weighted by Crippen LogP contribution is 2.35. The summed E-state index contributed by atoms with van der Waals surface area (Å²) in [7, 11) is 0. The maximum absolute atomic E-state index is 13.5. The number of piperidine rings is 1. The van der Waals surface area contributed by atoms with Crippen molar-refractivity contribution in [3.63, 3.8) is 0 Å². The van der Waals surface area contributed by atoms with E-state index in [0.717, 1.165) is 10.2 Å². The van der Waals surface area contributed by atoms with Crippen molar-refractivity contribution in [2.24, 2.45) is 5.92 Å². The summed E-state index contributed by atoms with van der Waals surface area (Å²) in [4.78, 5) is 39.3. The molecule has 0 bridgehead atoms. The molecule has 4 atom stereocenters. The van der Waals surface area contributed by atoms with Crippen LogP contribution in [0.15, 0.2) is 29.1 Å². The molecule has 1 spiro atoms. The van der Waals surface area contributed by atoms with Gasteiger partial charge in [-0.15, -0.1) is 11.3 Å². The Bertz CT molecular complexity index is 1350. The van der Waals surface area contributed by atoms with Crippen LogP contribution in [0, 0.1) is 5.92 Å². The number of cyclic esters (lactones) is 1. The molecule has 12 nitrogen and oxygen atoms in total. The number of hydrogen-bond acceptors (Lipinski definition) is 11. The number of carbonyl (C=O) groups is 1. The number of anilines is 2. The highest BCUT2D eigenvalue weighted by atomic mass is 32.1. The third-order valence-electron chi connectivity index (χ3n) is 7.64. The lowest BCUT2D eigenvalue weighted by Crippen LogP contribution is -2.53. The van der Waals surface area contributed by atoms with Gasteiger partial charge in [0.15, 0.2) is 0 Å². The SMILES string of the molecule is O=C1NC2(CCN(c3nc(N[C@@H]4C[C@H](CO)[C@@H](O)[C@H]4O)c(-c4nc5ccccc5s4)c(=O)[nH]3)CC2)CO1. The summed E-state index contributed by atoms with van der Waals surface area (Å²) in [6.45, 7) is 1.15. The molecule has 0 unspecified atom stereocenters. The number of aromatic amines is 1. The van der Waals surface area contributed by atoms with Gasteiger partial charge in [0.1, 0.15) is 29.1 Å². The molecule has 37 heavy (non-hydrogen) atoms. The number of fused-ring (bicyclic) bond motifs is 1. The minimum absolute atomic E-state index is 0.254. The van der Waals surface area contributed by atoms with Gasteiger partial charge in [-0.3, -0.25) is 9.78 Å². The number of alkyl carbamates (subject to hydrolysis) is 1. The highest BCUT2D eigenvalue weighted by molar-refractivity contribution is 7.21. The maximum atomic E-state index is 13.5. The van der Waals surface area contributed by atoms with Crippen LogP contribution < -0.4 is 21.1 Å². The third kappa shape index (κ3) is 4.31. The van der Waals surface area contributed by atoms with Gasteiger partial charge in [-0.1, -0.05) is 12.1 Å². The molecule has 13 heteroatoms. The van der Waals surface area contributed by atoms with Crippen LogP contribution in [0.25, 0.3) is 20.8 Å². The molecule has 4 heterocycles. The number of carbonyl (C=O) groups excluding carboxylic acids is 1. The average Bonchev–Trinajstić information content (AvgIpc) is 3.55. The number of hydrogen-bond donors (Lipinski definition) is 6. The molecule has 1 aliphatic carbocycles. The Hall–Kier alpha value is -3.26. The second-order valence-electron chi connectivity index (χ2n) is 9.98. The van der Waals surface area contributed by atoms with E-state index in [-0.39, 0.29) is 23.5 Å². The molecule has 1 amide bonds. The molecule has 6 rings (SSSR count). The number of nitrogens with one attached hydrogen (secondary N) is 3. The van der Waals surface area contributed by atoms with Crippen molar-refractivity contribution in [2.75, 3.05) is 36.5 Å². The Balaban J connectivity index is 1.35. The van der Waals surface area contributed by atoms with Crippen LogP contribution in [0.3, 0.4) is 0 Å². The van der Waals surface area contributed by atoms with Gasteiger partial charge in [-0.25, -0.2) is 9.78 Å². The number of aromatic nitrogens is 3. The monoisotopic (exact) mass is 528 g/mol. The molecule has 2 saturated heterocycles. The second-order valence-corrected chi connectivity index (χ2v) is 11.0. The second kappa shape index (κ2) is 9.24. The van der Waals surface area contributed by atoms with E-state index in [0.29, 0.717) is 49.9 Å². The first kappa shape index (κ1) is 24.1. The van der Waals surface area contributed by atoms with E-state index in [2.05, 4.69) is 20.6 Å². The Morgan fingerprint density at radius 3 is 2.62 bits per heavy atom. The summed E-state index contributed by atoms with van der Waals surface area (Å²) < 4.78 is 6.03. The summed E-state index contributed by atoms with van der Waals surface area (Å²) in [5, 5.41) is 37.1. The highest BCUT2D eigenvalue weighted by Gasteiger charge is 2.43. The van der Waals surface area contributed by atoms with E-state index in [9.17, 15) is 24.9 Å².